The minimum atomic E-state index is -0.707. The number of carbonyl (C=O) groups is 1. The summed E-state index contributed by atoms with van der Waals surface area (Å²) in [7, 11) is 0. The van der Waals surface area contributed by atoms with Crippen molar-refractivity contribution >= 4 is 5.97 Å². The van der Waals surface area contributed by atoms with Gasteiger partial charge in [0.25, 0.3) is 0 Å². The number of hydrogen-bond acceptors (Lipinski definition) is 3. The molecule has 0 aliphatic heterocycles. The van der Waals surface area contributed by atoms with Gasteiger partial charge in [-0.3, -0.25) is 4.79 Å². The number of rotatable bonds is 4. The number of aliphatic hydroxyl groups is 2. The zero-order valence-corrected chi connectivity index (χ0v) is 18.4. The molecular weight excluding hydrogens is 368 g/mol. The molecule has 4 aliphatic carbocycles. The van der Waals surface area contributed by atoms with E-state index in [0.717, 1.165) is 38.5 Å². The van der Waals surface area contributed by atoms with Gasteiger partial charge in [0, 0.05) is 6.42 Å². The molecule has 0 aromatic heterocycles. The van der Waals surface area contributed by atoms with Crippen LogP contribution in [0.3, 0.4) is 0 Å². The monoisotopic (exact) mass is 410 g/mol. The number of carboxylic acid groups (broad SMARTS) is 1. The first-order valence-electron chi connectivity index (χ1n) is 11.8. The molecule has 0 bridgehead atoms. The first kappa shape index (κ1) is 23.0. The molecule has 4 fully saturated rings. The molecule has 0 spiro atoms. The second-order valence-electron chi connectivity index (χ2n) is 11.3. The number of fused-ring (bicyclic) bond motifs is 5. The van der Waals surface area contributed by atoms with E-state index in [1.165, 1.54) is 19.3 Å². The summed E-state index contributed by atoms with van der Waals surface area (Å²) in [5.41, 5.74) is 0.216. The Morgan fingerprint density at radius 1 is 1.03 bits per heavy atom. The summed E-state index contributed by atoms with van der Waals surface area (Å²) in [6.45, 7) is 6.99. The molecule has 0 heterocycles. The van der Waals surface area contributed by atoms with Crippen LogP contribution in [-0.4, -0.2) is 39.0 Å². The molecule has 10 atom stereocenters. The van der Waals surface area contributed by atoms with E-state index in [1.807, 2.05) is 0 Å². The Morgan fingerprint density at radius 2 is 1.76 bits per heavy atom. The standard InChI is InChI=1S/C24H40O4.H2O/c1-14(4-9-22(27)28)18-7-8-19-17-6-5-15-12-16(25)10-11-23(15,2)20(17)13-21(26)24(18,19)3;/h14-21,25-26H,4-13H2,1-3H3,(H,27,28);1H2/t14-,15+,16+,17-,18+,19-,20-,21-,23-,24+;/m1./s1. The quantitative estimate of drug-likeness (QED) is 0.657. The molecule has 0 radical (unpaired) electrons. The molecule has 168 valence electrons. The highest BCUT2D eigenvalue weighted by atomic mass is 16.4. The molecule has 4 aliphatic rings. The van der Waals surface area contributed by atoms with Crippen molar-refractivity contribution in [3.63, 3.8) is 0 Å². The largest absolute Gasteiger partial charge is 0.481 e. The zero-order valence-electron chi connectivity index (χ0n) is 18.4. The van der Waals surface area contributed by atoms with Crippen molar-refractivity contribution in [2.45, 2.75) is 97.2 Å². The second kappa shape index (κ2) is 8.12. The maximum absolute atomic E-state index is 11.5. The molecule has 5 N–H and O–H groups in total. The predicted molar refractivity (Wildman–Crippen MR) is 112 cm³/mol. The Bertz CT molecular complexity index is 608. The van der Waals surface area contributed by atoms with E-state index in [0.29, 0.717) is 35.5 Å². The maximum Gasteiger partial charge on any atom is 0.303 e. The van der Waals surface area contributed by atoms with E-state index in [9.17, 15) is 15.0 Å². The minimum Gasteiger partial charge on any atom is -0.481 e. The fourth-order valence-electron chi connectivity index (χ4n) is 8.71. The van der Waals surface area contributed by atoms with Gasteiger partial charge >= 0.3 is 5.97 Å². The third-order valence-corrected chi connectivity index (χ3v) is 10.3. The third-order valence-electron chi connectivity index (χ3n) is 10.3. The molecule has 0 unspecified atom stereocenters. The molecule has 0 saturated heterocycles. The van der Waals surface area contributed by atoms with Gasteiger partial charge in [0.05, 0.1) is 12.2 Å². The van der Waals surface area contributed by atoms with Gasteiger partial charge in [-0.1, -0.05) is 20.8 Å². The van der Waals surface area contributed by atoms with E-state index in [-0.39, 0.29) is 34.9 Å². The maximum atomic E-state index is 11.5. The second-order valence-corrected chi connectivity index (χ2v) is 11.3. The van der Waals surface area contributed by atoms with Crippen LogP contribution in [0, 0.1) is 46.3 Å². The molecule has 4 rings (SSSR count). The first-order chi connectivity index (χ1) is 13.2. The number of aliphatic carboxylic acids is 1. The van der Waals surface area contributed by atoms with Gasteiger partial charge in [-0.2, -0.15) is 0 Å². The van der Waals surface area contributed by atoms with Crippen molar-refractivity contribution in [3.05, 3.63) is 0 Å². The first-order valence-corrected chi connectivity index (χ1v) is 11.8. The van der Waals surface area contributed by atoms with Crippen molar-refractivity contribution in [3.8, 4) is 0 Å². The molecule has 4 saturated carbocycles. The highest BCUT2D eigenvalue weighted by molar-refractivity contribution is 5.66. The van der Waals surface area contributed by atoms with Crippen LogP contribution < -0.4 is 0 Å². The summed E-state index contributed by atoms with van der Waals surface area (Å²) in [6.07, 6.45) is 9.26. The van der Waals surface area contributed by atoms with E-state index in [1.54, 1.807) is 0 Å². The van der Waals surface area contributed by atoms with Gasteiger partial charge < -0.3 is 20.8 Å². The highest BCUT2D eigenvalue weighted by Crippen LogP contribution is 2.68. The number of aliphatic hydroxyl groups excluding tert-OH is 2. The van der Waals surface area contributed by atoms with Crippen molar-refractivity contribution in [2.75, 3.05) is 0 Å². The molecule has 0 amide bonds. The molecule has 0 aromatic carbocycles. The normalized spacial score (nSPS) is 49.9. The topological polar surface area (TPSA) is 109 Å². The van der Waals surface area contributed by atoms with Crippen molar-refractivity contribution in [2.24, 2.45) is 46.3 Å². The Labute approximate surface area is 175 Å². The van der Waals surface area contributed by atoms with Gasteiger partial charge in [0.1, 0.15) is 0 Å². The Balaban J connectivity index is 0.00000240. The van der Waals surface area contributed by atoms with Crippen molar-refractivity contribution in [1.29, 1.82) is 0 Å². The highest BCUT2D eigenvalue weighted by Gasteiger charge is 2.63. The Hall–Kier alpha value is -0.650. The van der Waals surface area contributed by atoms with Crippen LogP contribution in [-0.2, 0) is 4.79 Å². The average Bonchev–Trinajstić information content (AvgIpc) is 3.00. The third kappa shape index (κ3) is 3.55. The summed E-state index contributed by atoms with van der Waals surface area (Å²) in [4.78, 5) is 11.1. The molecule has 5 nitrogen and oxygen atoms in total. The summed E-state index contributed by atoms with van der Waals surface area (Å²) < 4.78 is 0. The summed E-state index contributed by atoms with van der Waals surface area (Å²) in [5, 5.41) is 30.8. The van der Waals surface area contributed by atoms with E-state index in [4.69, 9.17) is 5.11 Å². The summed E-state index contributed by atoms with van der Waals surface area (Å²) in [6, 6.07) is 0. The summed E-state index contributed by atoms with van der Waals surface area (Å²) in [5.74, 6) is 2.55. The van der Waals surface area contributed by atoms with Gasteiger partial charge in [-0.05, 0) is 104 Å². The SMILES string of the molecule is C[C@H](CCC(=O)O)[C@@H]1CC[C@@H]2[C@H]3CC[C@H]4C[C@@H](O)CC[C@@]4(C)[C@@H]3C[C@@H](O)[C@]21C.O. The lowest BCUT2D eigenvalue weighted by molar-refractivity contribution is -0.175. The lowest BCUT2D eigenvalue weighted by Gasteiger charge is -2.62. The van der Waals surface area contributed by atoms with Gasteiger partial charge in [-0.25, -0.2) is 0 Å². The fraction of sp³-hybridized carbons (Fsp3) is 0.958. The fourth-order valence-corrected chi connectivity index (χ4v) is 8.71. The number of hydrogen-bond donors (Lipinski definition) is 3. The van der Waals surface area contributed by atoms with E-state index in [2.05, 4.69) is 20.8 Å². The zero-order chi connectivity index (χ0) is 20.3. The smallest absolute Gasteiger partial charge is 0.303 e. The lowest BCUT2D eigenvalue weighted by atomic mass is 9.43. The van der Waals surface area contributed by atoms with Crippen LogP contribution in [0.15, 0.2) is 0 Å². The molecule has 5 heteroatoms. The van der Waals surface area contributed by atoms with Gasteiger partial charge in [-0.15, -0.1) is 0 Å². The van der Waals surface area contributed by atoms with E-state index >= 15 is 0 Å². The lowest BCUT2D eigenvalue weighted by Crippen LogP contribution is -2.58. The summed E-state index contributed by atoms with van der Waals surface area (Å²) >= 11 is 0. The average molecular weight is 411 g/mol. The van der Waals surface area contributed by atoms with Crippen LogP contribution in [0.2, 0.25) is 0 Å². The van der Waals surface area contributed by atoms with Gasteiger partial charge in [0.15, 0.2) is 0 Å². The van der Waals surface area contributed by atoms with Crippen LogP contribution in [0.4, 0.5) is 0 Å². The van der Waals surface area contributed by atoms with Gasteiger partial charge in [0.2, 0.25) is 0 Å². The minimum absolute atomic E-state index is 0. The van der Waals surface area contributed by atoms with Crippen LogP contribution in [0.1, 0.15) is 85.0 Å². The van der Waals surface area contributed by atoms with Crippen LogP contribution in [0.25, 0.3) is 0 Å². The molecular formula is C24H42O5. The molecule has 29 heavy (non-hydrogen) atoms. The Morgan fingerprint density at radius 3 is 2.45 bits per heavy atom. The van der Waals surface area contributed by atoms with Crippen molar-refractivity contribution in [1.82, 2.24) is 0 Å². The van der Waals surface area contributed by atoms with E-state index < -0.39 is 5.97 Å². The van der Waals surface area contributed by atoms with Crippen LogP contribution >= 0.6 is 0 Å². The molecule has 0 aromatic rings. The number of carboxylic acids is 1. The van der Waals surface area contributed by atoms with Crippen LogP contribution in [0.5, 0.6) is 0 Å². The Kier molecular flexibility index (Phi) is 6.45. The van der Waals surface area contributed by atoms with Crippen molar-refractivity contribution < 1.29 is 25.6 Å². The predicted octanol–water partition coefficient (Wildman–Crippen LogP) is 3.65.